The van der Waals surface area contributed by atoms with Gasteiger partial charge in [-0.25, -0.2) is 8.42 Å². The van der Waals surface area contributed by atoms with Crippen LogP contribution in [0, 0.1) is 6.92 Å². The fraction of sp³-hybridized carbons (Fsp3) is 0.533. The molecule has 0 N–H and O–H groups in total. The number of rotatable bonds is 4. The van der Waals surface area contributed by atoms with Gasteiger partial charge in [-0.3, -0.25) is 4.79 Å². The number of aryl methyl sites for hydroxylation is 1. The Morgan fingerprint density at radius 3 is 2.48 bits per heavy atom. The second-order valence-electron chi connectivity index (χ2n) is 5.89. The number of carbonyl (C=O) groups excluding carboxylic acids is 1. The van der Waals surface area contributed by atoms with E-state index >= 15 is 0 Å². The van der Waals surface area contributed by atoms with Crippen LogP contribution in [0.4, 0.5) is 0 Å². The van der Waals surface area contributed by atoms with Gasteiger partial charge < -0.3 is 9.64 Å². The van der Waals surface area contributed by atoms with Crippen molar-refractivity contribution in [3.63, 3.8) is 0 Å². The summed E-state index contributed by atoms with van der Waals surface area (Å²) in [5.74, 6) is 0.578. The Hall–Kier alpha value is -1.56. The normalized spacial score (nSPS) is 23.8. The van der Waals surface area contributed by atoms with E-state index in [1.54, 1.807) is 14.0 Å². The lowest BCUT2D eigenvalue weighted by molar-refractivity contribution is -0.136. The van der Waals surface area contributed by atoms with Gasteiger partial charge >= 0.3 is 0 Å². The van der Waals surface area contributed by atoms with E-state index < -0.39 is 15.4 Å². The summed E-state index contributed by atoms with van der Waals surface area (Å²) in [6, 6.07) is 7.44. The molecule has 2 rings (SSSR count). The minimum atomic E-state index is -3.04. The summed E-state index contributed by atoms with van der Waals surface area (Å²) in [7, 11) is -1.40. The molecule has 0 bridgehead atoms. The van der Waals surface area contributed by atoms with E-state index in [2.05, 4.69) is 0 Å². The minimum absolute atomic E-state index is 0.0206. The van der Waals surface area contributed by atoms with Crippen molar-refractivity contribution in [1.82, 2.24) is 4.90 Å². The average Bonchev–Trinajstić information content (AvgIpc) is 2.72. The van der Waals surface area contributed by atoms with Crippen LogP contribution < -0.4 is 4.74 Å². The molecule has 1 amide bonds. The average molecular weight is 311 g/mol. The molecule has 1 atom stereocenters. The Bertz CT molecular complexity index is 624. The van der Waals surface area contributed by atoms with Gasteiger partial charge in [-0.2, -0.15) is 0 Å². The highest BCUT2D eigenvalue weighted by atomic mass is 32.2. The van der Waals surface area contributed by atoms with Crippen LogP contribution in [0.1, 0.15) is 18.9 Å². The SMILES string of the molecule is Cc1ccc(OCC(=O)N(C)C2(C)CCS(=O)(=O)C2)cc1. The predicted octanol–water partition coefficient (Wildman–Crippen LogP) is 1.41. The maximum Gasteiger partial charge on any atom is 0.260 e. The van der Waals surface area contributed by atoms with Crippen molar-refractivity contribution in [3.8, 4) is 5.75 Å². The van der Waals surface area contributed by atoms with Gasteiger partial charge in [-0.05, 0) is 32.4 Å². The standard InChI is InChI=1S/C15H21NO4S/c1-12-4-6-13(7-5-12)20-10-14(17)16(3)15(2)8-9-21(18,19)11-15/h4-7H,8-11H2,1-3H3. The second kappa shape index (κ2) is 5.67. The lowest BCUT2D eigenvalue weighted by Gasteiger charge is -2.34. The first-order valence-electron chi connectivity index (χ1n) is 6.88. The number of benzene rings is 1. The molecule has 0 spiro atoms. The zero-order valence-corrected chi connectivity index (χ0v) is 13.4. The van der Waals surface area contributed by atoms with E-state index in [4.69, 9.17) is 4.74 Å². The van der Waals surface area contributed by atoms with Crippen LogP contribution >= 0.6 is 0 Å². The quantitative estimate of drug-likeness (QED) is 0.843. The molecule has 1 aliphatic rings. The maximum atomic E-state index is 12.2. The number of amides is 1. The zero-order valence-electron chi connectivity index (χ0n) is 12.6. The molecule has 1 saturated heterocycles. The summed E-state index contributed by atoms with van der Waals surface area (Å²) in [5, 5.41) is 0. The number of hydrogen-bond donors (Lipinski definition) is 0. The number of likely N-dealkylation sites (N-methyl/N-ethyl adjacent to an activating group) is 1. The van der Waals surface area contributed by atoms with Crippen LogP contribution in [0.3, 0.4) is 0 Å². The lowest BCUT2D eigenvalue weighted by atomic mass is 10.00. The molecular weight excluding hydrogens is 290 g/mol. The van der Waals surface area contributed by atoms with E-state index in [1.165, 1.54) is 4.90 Å². The summed E-state index contributed by atoms with van der Waals surface area (Å²) >= 11 is 0. The number of sulfone groups is 1. The predicted molar refractivity (Wildman–Crippen MR) is 81.1 cm³/mol. The van der Waals surface area contributed by atoms with Crippen molar-refractivity contribution < 1.29 is 17.9 Å². The smallest absolute Gasteiger partial charge is 0.260 e. The van der Waals surface area contributed by atoms with Gasteiger partial charge in [0.1, 0.15) is 5.75 Å². The first-order chi connectivity index (χ1) is 9.72. The van der Waals surface area contributed by atoms with Crippen molar-refractivity contribution in [3.05, 3.63) is 29.8 Å². The molecule has 1 heterocycles. The van der Waals surface area contributed by atoms with Gasteiger partial charge in [0.15, 0.2) is 16.4 Å². The Labute approximate surface area is 125 Å². The van der Waals surface area contributed by atoms with Crippen LogP contribution in [0.5, 0.6) is 5.75 Å². The summed E-state index contributed by atoms with van der Waals surface area (Å²) < 4.78 is 28.7. The van der Waals surface area contributed by atoms with E-state index in [1.807, 2.05) is 31.2 Å². The van der Waals surface area contributed by atoms with E-state index in [0.717, 1.165) is 5.56 Å². The van der Waals surface area contributed by atoms with Crippen LogP contribution in [-0.4, -0.2) is 49.9 Å². The molecular formula is C15H21NO4S. The van der Waals surface area contributed by atoms with Gasteiger partial charge in [0.25, 0.3) is 5.91 Å². The molecule has 1 aliphatic heterocycles. The number of carbonyl (C=O) groups is 1. The highest BCUT2D eigenvalue weighted by Gasteiger charge is 2.43. The van der Waals surface area contributed by atoms with Gasteiger partial charge in [0.2, 0.25) is 0 Å². The Morgan fingerprint density at radius 1 is 1.33 bits per heavy atom. The molecule has 6 heteroatoms. The van der Waals surface area contributed by atoms with E-state index in [9.17, 15) is 13.2 Å². The molecule has 1 aromatic carbocycles. The summed E-state index contributed by atoms with van der Waals surface area (Å²) in [5.41, 5.74) is 0.487. The molecule has 5 nitrogen and oxygen atoms in total. The third kappa shape index (κ3) is 3.75. The molecule has 0 aromatic heterocycles. The van der Waals surface area contributed by atoms with Crippen molar-refractivity contribution >= 4 is 15.7 Å². The monoisotopic (exact) mass is 311 g/mol. The fourth-order valence-electron chi connectivity index (χ4n) is 2.44. The molecule has 1 aromatic rings. The maximum absolute atomic E-state index is 12.2. The summed E-state index contributed by atoms with van der Waals surface area (Å²) in [6.45, 7) is 3.70. The van der Waals surface area contributed by atoms with Crippen molar-refractivity contribution in [2.24, 2.45) is 0 Å². The van der Waals surface area contributed by atoms with Crippen LogP contribution in [0.25, 0.3) is 0 Å². The van der Waals surface area contributed by atoms with Gasteiger partial charge in [0.05, 0.1) is 17.0 Å². The van der Waals surface area contributed by atoms with Crippen molar-refractivity contribution in [2.75, 3.05) is 25.2 Å². The zero-order chi connectivity index (χ0) is 15.7. The second-order valence-corrected chi connectivity index (χ2v) is 8.08. The first kappa shape index (κ1) is 15.8. The van der Waals surface area contributed by atoms with Gasteiger partial charge in [-0.1, -0.05) is 17.7 Å². The highest BCUT2D eigenvalue weighted by Crippen LogP contribution is 2.28. The molecule has 0 radical (unpaired) electrons. The first-order valence-corrected chi connectivity index (χ1v) is 8.71. The highest BCUT2D eigenvalue weighted by molar-refractivity contribution is 7.91. The molecule has 21 heavy (non-hydrogen) atoms. The summed E-state index contributed by atoms with van der Waals surface area (Å²) in [6.07, 6.45) is 0.474. The van der Waals surface area contributed by atoms with Gasteiger partial charge in [-0.15, -0.1) is 0 Å². The Morgan fingerprint density at radius 2 is 1.95 bits per heavy atom. The van der Waals surface area contributed by atoms with E-state index in [-0.39, 0.29) is 24.0 Å². The minimum Gasteiger partial charge on any atom is -0.484 e. The van der Waals surface area contributed by atoms with Gasteiger partial charge in [0, 0.05) is 7.05 Å². The molecule has 1 fully saturated rings. The largest absolute Gasteiger partial charge is 0.484 e. The lowest BCUT2D eigenvalue weighted by Crippen LogP contribution is -2.49. The fourth-order valence-corrected chi connectivity index (χ4v) is 4.62. The molecule has 0 saturated carbocycles. The molecule has 0 aliphatic carbocycles. The summed E-state index contributed by atoms with van der Waals surface area (Å²) in [4.78, 5) is 13.7. The number of hydrogen-bond acceptors (Lipinski definition) is 4. The van der Waals surface area contributed by atoms with Crippen molar-refractivity contribution in [1.29, 1.82) is 0 Å². The van der Waals surface area contributed by atoms with E-state index in [0.29, 0.717) is 12.2 Å². The number of nitrogens with zero attached hydrogens (tertiary/aromatic N) is 1. The molecule has 116 valence electrons. The van der Waals surface area contributed by atoms with Crippen LogP contribution in [-0.2, 0) is 14.6 Å². The Kier molecular flexibility index (Phi) is 4.27. The Balaban J connectivity index is 1.95. The van der Waals surface area contributed by atoms with Crippen molar-refractivity contribution in [2.45, 2.75) is 25.8 Å². The number of ether oxygens (including phenoxy) is 1. The topological polar surface area (TPSA) is 63.7 Å². The third-order valence-corrected chi connectivity index (χ3v) is 5.94. The van der Waals surface area contributed by atoms with Crippen LogP contribution in [0.15, 0.2) is 24.3 Å². The third-order valence-electron chi connectivity index (χ3n) is 4.05. The van der Waals surface area contributed by atoms with Crippen LogP contribution in [0.2, 0.25) is 0 Å². The molecule has 1 unspecified atom stereocenters.